The first-order valence-corrected chi connectivity index (χ1v) is 29.2. The Hall–Kier alpha value is -7.45. The Morgan fingerprint density at radius 2 is 1.14 bits per heavy atom. The third kappa shape index (κ3) is 15.5. The van der Waals surface area contributed by atoms with E-state index in [1.807, 2.05) is 64.0 Å². The number of nitrogens with one attached hydrogen (secondary N) is 3. The van der Waals surface area contributed by atoms with E-state index in [2.05, 4.69) is 30.4 Å². The van der Waals surface area contributed by atoms with E-state index in [9.17, 15) is 24.0 Å². The van der Waals surface area contributed by atoms with Crippen molar-refractivity contribution in [1.82, 2.24) is 44.3 Å². The molecule has 5 amide bonds. The van der Waals surface area contributed by atoms with E-state index in [0.29, 0.717) is 52.3 Å². The zero-order valence-electron chi connectivity index (χ0n) is 47.7. The molecule has 0 bridgehead atoms. The van der Waals surface area contributed by atoms with Crippen LogP contribution in [0.4, 0.5) is 37.4 Å². The van der Waals surface area contributed by atoms with Gasteiger partial charge in [-0.25, -0.2) is 38.6 Å². The van der Waals surface area contributed by atoms with E-state index in [1.54, 1.807) is 50.3 Å². The fourth-order valence-corrected chi connectivity index (χ4v) is 11.1. The van der Waals surface area contributed by atoms with Gasteiger partial charge in [-0.05, 0) is 127 Å². The zero-order valence-corrected chi connectivity index (χ0v) is 50.1. The highest BCUT2D eigenvalue weighted by molar-refractivity contribution is 7.30. The number of halogens is 2. The minimum Gasteiger partial charge on any atom is -0.565 e. The first-order chi connectivity index (χ1) is 40.0. The number of hydrogen-bond acceptors (Lipinski definition) is 19. The van der Waals surface area contributed by atoms with Gasteiger partial charge < -0.3 is 49.8 Å². The van der Waals surface area contributed by atoms with Gasteiger partial charge in [0.1, 0.15) is 17.2 Å². The van der Waals surface area contributed by atoms with Crippen molar-refractivity contribution in [3.63, 3.8) is 0 Å². The van der Waals surface area contributed by atoms with Crippen molar-refractivity contribution >= 4 is 95.9 Å². The quantitative estimate of drug-likeness (QED) is 0.0370. The average Bonchev–Trinajstić information content (AvgIpc) is 4.45. The molecule has 4 aliphatic rings. The summed E-state index contributed by atoms with van der Waals surface area (Å²) in [5.74, 6) is 1.29. The van der Waals surface area contributed by atoms with Crippen LogP contribution >= 0.6 is 31.5 Å². The fraction of sp³-hybridized carbons (Fsp3) is 0.473. The lowest BCUT2D eigenvalue weighted by atomic mass is 9.98. The summed E-state index contributed by atoms with van der Waals surface area (Å²) < 4.78 is 30.0. The lowest BCUT2D eigenvalue weighted by molar-refractivity contribution is -0.244. The van der Waals surface area contributed by atoms with Crippen LogP contribution in [0.3, 0.4) is 0 Å². The number of rotatable bonds is 10. The summed E-state index contributed by atoms with van der Waals surface area (Å²) >= 11 is 12.5. The lowest BCUT2D eigenvalue weighted by Gasteiger charge is -2.35. The molecular weight excluding hydrogens is 1150 g/mol. The topological polar surface area (TPSA) is 318 Å². The van der Waals surface area contributed by atoms with E-state index in [4.69, 9.17) is 78.0 Å². The Morgan fingerprint density at radius 1 is 0.690 bits per heavy atom. The van der Waals surface area contributed by atoms with Crippen LogP contribution in [0.25, 0.3) is 11.3 Å². The lowest BCUT2D eigenvalue weighted by Crippen LogP contribution is -2.40. The highest BCUT2D eigenvalue weighted by Crippen LogP contribution is 2.37. The van der Waals surface area contributed by atoms with Gasteiger partial charge >= 0.3 is 26.5 Å². The Kier molecular flexibility index (Phi) is 20.5. The van der Waals surface area contributed by atoms with Gasteiger partial charge in [-0.3, -0.25) is 20.2 Å². The molecule has 4 fully saturated rings. The molecular formula is C55H71Cl2N14O12P. The van der Waals surface area contributed by atoms with Gasteiger partial charge in [0.15, 0.2) is 11.3 Å². The summed E-state index contributed by atoms with van der Waals surface area (Å²) in [6, 6.07) is 13.1. The number of fused-ring (bicyclic) bond motifs is 2. The summed E-state index contributed by atoms with van der Waals surface area (Å²) in [6.45, 7) is 13.7. The van der Waals surface area contributed by atoms with Crippen molar-refractivity contribution in [1.29, 1.82) is 0 Å². The molecule has 4 aromatic heterocycles. The molecule has 6 N–H and O–H groups in total. The number of aromatic nitrogens is 6. The number of carbonyl (C=O) groups is 5. The molecule has 5 atom stereocenters. The highest BCUT2D eigenvalue weighted by Gasteiger charge is 2.35. The minimum atomic E-state index is -3.04. The number of likely N-dealkylation sites (tertiary alicyclic amines) is 2. The number of alkyl carbamates (subject to hydrolysis) is 1. The van der Waals surface area contributed by atoms with Crippen molar-refractivity contribution < 1.29 is 59.0 Å². The Bertz CT molecular complexity index is 3420. The van der Waals surface area contributed by atoms with E-state index in [0.717, 1.165) is 111 Å². The molecule has 29 heteroatoms. The second kappa shape index (κ2) is 27.5. The molecule has 0 radical (unpaired) electrons. The van der Waals surface area contributed by atoms with Gasteiger partial charge in [0, 0.05) is 97.1 Å². The molecule has 1 unspecified atom stereocenters. The number of amides is 5. The molecule has 84 heavy (non-hydrogen) atoms. The SMILES string of the molecule is COC(=O)Nc1ccc(Cl)cc1C(=O)N1CCCC[C@H]1c1cc2nc(N3CC[C@H](N)C3)c(C)cn2n1.COC(=O)Nc1ccc(Cl)cc1C(=O)N1CCCC[C@H]1c1cc2nc(N3CC[C@H](NC(=O)OC(C)(C)C)C3)c(C)cn2n1.O=[P+]([O-])OO.[HH]. The van der Waals surface area contributed by atoms with Crippen LogP contribution in [0.1, 0.15) is 129 Å². The molecule has 10 rings (SSSR count). The summed E-state index contributed by atoms with van der Waals surface area (Å²) in [5.41, 5.74) is 11.7. The maximum Gasteiger partial charge on any atom is 0.521 e. The number of methoxy groups -OCH3 is 2. The van der Waals surface area contributed by atoms with E-state index in [-0.39, 0.29) is 43.0 Å². The summed E-state index contributed by atoms with van der Waals surface area (Å²) in [7, 11) is -0.504. The van der Waals surface area contributed by atoms with E-state index >= 15 is 0 Å². The fourth-order valence-electron chi connectivity index (χ4n) is 10.7. The van der Waals surface area contributed by atoms with Crippen molar-refractivity contribution in [3.05, 3.63) is 105 Å². The standard InChI is InChI=1S/C30H38ClN7O5.C25H30ClN7O3.HO4P.H2/c1-18-16-38-25(34-26(18)36-13-11-20(17-36)32-29(41)43-30(2,3)4)15-23(35-38)24-8-6-7-12-37(24)27(39)21-14-19(31)9-10-22(21)33-28(40)42-5;1-15-13-33-22(29-23(15)31-10-8-17(27)14-31)12-20(30-33)21-5-3-4-9-32(21)24(34)18-11-16(26)6-7-19(18)28-25(35)36-2;1-4-5(2)3;/h9-10,14-16,20,24H,6-8,11-13,17H2,1-5H3,(H,32,41)(H,33,40);6-7,11-13,17,21H,3-5,8-10,14,27H2,1-2H3,(H,28,35);1H;1H/t20-,24-;17-,21-;;/m00../s1. The van der Waals surface area contributed by atoms with E-state index in [1.165, 1.54) is 14.2 Å². The van der Waals surface area contributed by atoms with Gasteiger partial charge in [-0.15, -0.1) is 0 Å². The molecule has 0 spiro atoms. The molecule has 452 valence electrons. The van der Waals surface area contributed by atoms with Crippen LogP contribution in [0.15, 0.2) is 60.9 Å². The largest absolute Gasteiger partial charge is 0.565 e. The maximum atomic E-state index is 13.9. The van der Waals surface area contributed by atoms with Gasteiger partial charge in [0.05, 0.1) is 66.2 Å². The number of aryl methyl sites for hydroxylation is 2. The van der Waals surface area contributed by atoms with Crippen molar-refractivity contribution in [2.45, 2.75) is 116 Å². The smallest absolute Gasteiger partial charge is 0.521 e. The molecule has 0 aliphatic carbocycles. The molecule has 2 aromatic carbocycles. The number of ether oxygens (including phenoxy) is 3. The Labute approximate surface area is 497 Å². The normalized spacial score (nSPS) is 19.0. The maximum absolute atomic E-state index is 13.9. The number of nitrogens with two attached hydrogens (primary N) is 1. The number of hydrogen-bond donors (Lipinski definition) is 5. The van der Waals surface area contributed by atoms with E-state index < -0.39 is 32.1 Å². The first kappa shape index (κ1) is 62.6. The van der Waals surface area contributed by atoms with Crippen molar-refractivity contribution in [2.75, 3.05) is 73.9 Å². The Balaban J connectivity index is 0.000000226. The molecule has 8 heterocycles. The van der Waals surface area contributed by atoms with Crippen LogP contribution < -0.4 is 36.4 Å². The van der Waals surface area contributed by atoms with Crippen LogP contribution in [0, 0.1) is 13.8 Å². The van der Waals surface area contributed by atoms with Crippen molar-refractivity contribution in [3.8, 4) is 0 Å². The zero-order chi connectivity index (χ0) is 60.6. The molecule has 4 aliphatic heterocycles. The van der Waals surface area contributed by atoms with Gasteiger partial charge in [0.2, 0.25) is 0 Å². The predicted molar refractivity (Wildman–Crippen MR) is 314 cm³/mol. The minimum absolute atomic E-state index is 0. The first-order valence-electron chi connectivity index (χ1n) is 27.4. The average molecular weight is 1220 g/mol. The predicted octanol–water partition coefficient (Wildman–Crippen LogP) is 8.85. The van der Waals surface area contributed by atoms with Gasteiger partial charge in [0.25, 0.3) is 11.8 Å². The van der Waals surface area contributed by atoms with Crippen LogP contribution in [0.2, 0.25) is 10.0 Å². The van der Waals surface area contributed by atoms with Gasteiger partial charge in [-0.1, -0.05) is 23.2 Å². The molecule has 26 nitrogen and oxygen atoms in total. The second-order valence-electron chi connectivity index (χ2n) is 21.8. The summed E-state index contributed by atoms with van der Waals surface area (Å²) in [5, 5.41) is 25.7. The third-order valence-electron chi connectivity index (χ3n) is 14.5. The molecule has 6 aromatic rings. The number of nitrogens with zero attached hydrogens (tertiary/aromatic N) is 10. The molecule has 4 saturated heterocycles. The Morgan fingerprint density at radius 3 is 1.56 bits per heavy atom. The van der Waals surface area contributed by atoms with Crippen LogP contribution in [-0.2, 0) is 23.5 Å². The third-order valence-corrected chi connectivity index (χ3v) is 15.1. The van der Waals surface area contributed by atoms with Crippen molar-refractivity contribution in [2.24, 2.45) is 5.73 Å². The number of piperidine rings is 2. The van der Waals surface area contributed by atoms with Crippen LogP contribution in [-0.4, -0.2) is 146 Å². The summed E-state index contributed by atoms with van der Waals surface area (Å²) in [6.07, 6.45) is 9.10. The van der Waals surface area contributed by atoms with Crippen LogP contribution in [0.5, 0.6) is 0 Å². The number of carbonyl (C=O) groups excluding carboxylic acids is 5. The monoisotopic (exact) mass is 1220 g/mol. The van der Waals surface area contributed by atoms with Gasteiger partial charge in [-0.2, -0.15) is 10.2 Å². The number of benzene rings is 2. The summed E-state index contributed by atoms with van der Waals surface area (Å²) in [4.78, 5) is 90.5. The number of anilines is 4. The second-order valence-corrected chi connectivity index (χ2v) is 23.2. The molecule has 0 saturated carbocycles. The highest BCUT2D eigenvalue weighted by atomic mass is 35.5.